The molecule has 0 unspecified atom stereocenters. The van der Waals surface area contributed by atoms with Gasteiger partial charge in [0.05, 0.1) is 29.0 Å². The summed E-state index contributed by atoms with van der Waals surface area (Å²) in [6.45, 7) is 0.757. The summed E-state index contributed by atoms with van der Waals surface area (Å²) in [4.78, 5) is 17.6. The Labute approximate surface area is 121 Å². The van der Waals surface area contributed by atoms with Crippen molar-refractivity contribution in [3.8, 4) is 0 Å². The molecule has 1 aromatic heterocycles. The number of carbonyl (C=O) groups is 1. The molecule has 0 aromatic carbocycles. The highest BCUT2D eigenvalue weighted by Gasteiger charge is 2.37. The molecule has 2 heterocycles. The third kappa shape index (κ3) is 3.36. The molecule has 0 amide bonds. The van der Waals surface area contributed by atoms with Crippen molar-refractivity contribution in [3.05, 3.63) is 28.0 Å². The molecule has 0 saturated carbocycles. The first-order valence-electron chi connectivity index (χ1n) is 5.81. The highest BCUT2D eigenvalue weighted by Crippen LogP contribution is 2.25. The summed E-state index contributed by atoms with van der Waals surface area (Å²) in [5.74, 6) is -0.360. The number of pyridine rings is 1. The van der Waals surface area contributed by atoms with Crippen LogP contribution in [0.25, 0.3) is 0 Å². The number of carbonyl (C=O) groups excluding carboxylic acids is 1. The third-order valence-electron chi connectivity index (χ3n) is 3.09. The van der Waals surface area contributed by atoms with Crippen molar-refractivity contribution >= 4 is 29.2 Å². The number of aliphatic hydroxyl groups is 1. The van der Waals surface area contributed by atoms with Crippen molar-refractivity contribution in [1.82, 2.24) is 9.88 Å². The van der Waals surface area contributed by atoms with E-state index in [0.29, 0.717) is 35.2 Å². The van der Waals surface area contributed by atoms with E-state index in [1.165, 1.54) is 13.3 Å². The minimum absolute atomic E-state index is 0.359. The normalized spacial score (nSPS) is 23.6. The van der Waals surface area contributed by atoms with E-state index in [-0.39, 0.29) is 5.97 Å². The lowest BCUT2D eigenvalue weighted by Crippen LogP contribution is -2.36. The van der Waals surface area contributed by atoms with Crippen LogP contribution in [0.2, 0.25) is 10.0 Å². The van der Waals surface area contributed by atoms with Crippen LogP contribution in [-0.2, 0) is 16.1 Å². The second-order valence-corrected chi connectivity index (χ2v) is 5.28. The van der Waals surface area contributed by atoms with Crippen LogP contribution in [0, 0.1) is 0 Å². The van der Waals surface area contributed by atoms with Crippen LogP contribution in [0.5, 0.6) is 0 Å². The van der Waals surface area contributed by atoms with E-state index in [0.717, 1.165) is 0 Å². The number of nitrogens with zero attached hydrogens (tertiary/aromatic N) is 2. The molecule has 104 valence electrons. The predicted octanol–water partition coefficient (Wildman–Crippen LogP) is 1.50. The molecule has 0 aliphatic carbocycles. The average molecular weight is 305 g/mol. The van der Waals surface area contributed by atoms with Gasteiger partial charge in [-0.1, -0.05) is 23.2 Å². The van der Waals surface area contributed by atoms with Gasteiger partial charge < -0.3 is 9.84 Å². The Kier molecular flexibility index (Phi) is 4.62. The number of β-amino-alcohol motifs (C(OH)–C–C–N with tert-alkyl or cyclic N) is 1. The maximum absolute atomic E-state index is 11.6. The van der Waals surface area contributed by atoms with E-state index in [2.05, 4.69) is 4.98 Å². The molecule has 1 aliphatic rings. The van der Waals surface area contributed by atoms with Gasteiger partial charge >= 0.3 is 5.97 Å². The fourth-order valence-electron chi connectivity index (χ4n) is 2.19. The Bertz CT molecular complexity index is 484. The Morgan fingerprint density at radius 3 is 3.00 bits per heavy atom. The molecule has 0 radical (unpaired) electrons. The number of hydrogen-bond donors (Lipinski definition) is 1. The van der Waals surface area contributed by atoms with Gasteiger partial charge in [0.1, 0.15) is 6.04 Å². The summed E-state index contributed by atoms with van der Waals surface area (Å²) in [6.07, 6.45) is 1.32. The molecular formula is C12H14Cl2N2O3. The summed E-state index contributed by atoms with van der Waals surface area (Å²) >= 11 is 11.8. The predicted molar refractivity (Wildman–Crippen MR) is 71.1 cm³/mol. The number of aromatic nitrogens is 1. The van der Waals surface area contributed by atoms with E-state index in [9.17, 15) is 9.90 Å². The minimum Gasteiger partial charge on any atom is -0.468 e. The first-order chi connectivity index (χ1) is 9.01. The van der Waals surface area contributed by atoms with Gasteiger partial charge in [0.15, 0.2) is 0 Å². The largest absolute Gasteiger partial charge is 0.468 e. The highest BCUT2D eigenvalue weighted by atomic mass is 35.5. The molecule has 1 N–H and O–H groups in total. The van der Waals surface area contributed by atoms with Gasteiger partial charge in [-0.05, 0) is 6.07 Å². The molecule has 2 rings (SSSR count). The van der Waals surface area contributed by atoms with Gasteiger partial charge in [0.25, 0.3) is 0 Å². The fourth-order valence-corrected chi connectivity index (χ4v) is 2.63. The Morgan fingerprint density at radius 1 is 1.63 bits per heavy atom. The lowest BCUT2D eigenvalue weighted by molar-refractivity contribution is -0.146. The van der Waals surface area contributed by atoms with Gasteiger partial charge in [-0.3, -0.25) is 14.7 Å². The number of halogens is 2. The van der Waals surface area contributed by atoms with Crippen LogP contribution in [-0.4, -0.2) is 46.8 Å². The number of likely N-dealkylation sites (tertiary alicyclic amines) is 1. The molecule has 1 aliphatic heterocycles. The number of rotatable bonds is 3. The number of esters is 1. The van der Waals surface area contributed by atoms with Crippen LogP contribution < -0.4 is 0 Å². The molecule has 1 aromatic rings. The zero-order valence-electron chi connectivity index (χ0n) is 10.3. The van der Waals surface area contributed by atoms with Crippen LogP contribution in [0.1, 0.15) is 12.1 Å². The van der Waals surface area contributed by atoms with Crippen LogP contribution >= 0.6 is 23.2 Å². The lowest BCUT2D eigenvalue weighted by Gasteiger charge is -2.21. The standard InChI is InChI=1S/C12H14Cl2N2O3/c1-19-12(18)11-3-8(17)5-16(11)6-10-9(14)2-7(13)4-15-10/h2,4,8,11,17H,3,5-6H2,1H3/t8-,11+/m1/s1. The monoisotopic (exact) mass is 304 g/mol. The molecule has 1 fully saturated rings. The fraction of sp³-hybridized carbons (Fsp3) is 0.500. The third-order valence-corrected chi connectivity index (χ3v) is 3.63. The first-order valence-corrected chi connectivity index (χ1v) is 6.56. The molecule has 7 heteroatoms. The molecule has 1 saturated heterocycles. The van der Waals surface area contributed by atoms with Gasteiger partial charge in [-0.25, -0.2) is 0 Å². The molecule has 0 spiro atoms. The van der Waals surface area contributed by atoms with E-state index in [1.54, 1.807) is 11.0 Å². The Balaban J connectivity index is 2.14. The maximum Gasteiger partial charge on any atom is 0.323 e. The zero-order valence-corrected chi connectivity index (χ0v) is 11.9. The van der Waals surface area contributed by atoms with Crippen molar-refractivity contribution in [2.75, 3.05) is 13.7 Å². The average Bonchev–Trinajstić information content (AvgIpc) is 2.73. The second kappa shape index (κ2) is 6.05. The molecule has 0 bridgehead atoms. The van der Waals surface area contributed by atoms with Crippen LogP contribution in [0.15, 0.2) is 12.3 Å². The Morgan fingerprint density at radius 2 is 2.37 bits per heavy atom. The SMILES string of the molecule is COC(=O)[C@@H]1C[C@@H](O)CN1Cc1ncc(Cl)cc1Cl. The van der Waals surface area contributed by atoms with Crippen molar-refractivity contribution in [3.63, 3.8) is 0 Å². The van der Waals surface area contributed by atoms with Crippen molar-refractivity contribution < 1.29 is 14.6 Å². The van der Waals surface area contributed by atoms with Crippen LogP contribution in [0.3, 0.4) is 0 Å². The summed E-state index contributed by atoms with van der Waals surface area (Å²) in [5, 5.41) is 10.6. The van der Waals surface area contributed by atoms with Gasteiger partial charge in [-0.2, -0.15) is 0 Å². The number of methoxy groups -OCH3 is 1. The number of ether oxygens (including phenoxy) is 1. The number of hydrogen-bond acceptors (Lipinski definition) is 5. The van der Waals surface area contributed by atoms with E-state index in [1.807, 2.05) is 0 Å². The maximum atomic E-state index is 11.6. The molecule has 5 nitrogen and oxygen atoms in total. The molecule has 2 atom stereocenters. The number of aliphatic hydroxyl groups excluding tert-OH is 1. The quantitative estimate of drug-likeness (QED) is 0.857. The van der Waals surface area contributed by atoms with Crippen LogP contribution in [0.4, 0.5) is 0 Å². The van der Waals surface area contributed by atoms with Gasteiger partial charge in [0.2, 0.25) is 0 Å². The smallest absolute Gasteiger partial charge is 0.323 e. The van der Waals surface area contributed by atoms with Gasteiger partial charge in [0, 0.05) is 25.7 Å². The first kappa shape index (κ1) is 14.5. The Hall–Kier alpha value is -0.880. The summed E-state index contributed by atoms with van der Waals surface area (Å²) in [5.41, 5.74) is 0.620. The molecular weight excluding hydrogens is 291 g/mol. The molecule has 19 heavy (non-hydrogen) atoms. The summed E-state index contributed by atoms with van der Waals surface area (Å²) < 4.78 is 4.73. The van der Waals surface area contributed by atoms with Crippen molar-refractivity contribution in [1.29, 1.82) is 0 Å². The minimum atomic E-state index is -0.546. The van der Waals surface area contributed by atoms with Crippen molar-refractivity contribution in [2.24, 2.45) is 0 Å². The van der Waals surface area contributed by atoms with E-state index >= 15 is 0 Å². The topological polar surface area (TPSA) is 62.7 Å². The van der Waals surface area contributed by atoms with E-state index in [4.69, 9.17) is 27.9 Å². The van der Waals surface area contributed by atoms with E-state index < -0.39 is 12.1 Å². The highest BCUT2D eigenvalue weighted by molar-refractivity contribution is 6.34. The van der Waals surface area contributed by atoms with Gasteiger partial charge in [-0.15, -0.1) is 0 Å². The summed E-state index contributed by atoms with van der Waals surface area (Å²) in [6, 6.07) is 1.14. The summed E-state index contributed by atoms with van der Waals surface area (Å²) in [7, 11) is 1.33. The zero-order chi connectivity index (χ0) is 14.0. The second-order valence-electron chi connectivity index (χ2n) is 4.44. The lowest BCUT2D eigenvalue weighted by atomic mass is 10.2. The van der Waals surface area contributed by atoms with Crippen molar-refractivity contribution in [2.45, 2.75) is 25.1 Å².